The zero-order valence-electron chi connectivity index (χ0n) is 10.7. The molecule has 4 nitrogen and oxygen atoms in total. The summed E-state index contributed by atoms with van der Waals surface area (Å²) in [7, 11) is 0. The van der Waals surface area contributed by atoms with Gasteiger partial charge >= 0.3 is 0 Å². The fraction of sp³-hybridized carbons (Fsp3) is 0.200. The molecule has 0 saturated carbocycles. The van der Waals surface area contributed by atoms with E-state index in [1.807, 2.05) is 30.3 Å². The highest BCUT2D eigenvalue weighted by Crippen LogP contribution is 2.13. The highest BCUT2D eigenvalue weighted by atomic mass is 16.1. The first-order chi connectivity index (χ1) is 9.16. The largest absolute Gasteiger partial charge is 0.351 e. The van der Waals surface area contributed by atoms with Gasteiger partial charge in [-0.15, -0.1) is 0 Å². The van der Waals surface area contributed by atoms with Gasteiger partial charge in [-0.2, -0.15) is 0 Å². The summed E-state index contributed by atoms with van der Waals surface area (Å²) in [5.41, 5.74) is 1.43. The first-order valence-electron chi connectivity index (χ1n) is 6.18. The molecule has 1 aromatic carbocycles. The Kier molecular flexibility index (Phi) is 4.13. The van der Waals surface area contributed by atoms with Crippen LogP contribution in [-0.4, -0.2) is 17.4 Å². The number of aromatic nitrogens is 1. The number of benzene rings is 1. The summed E-state index contributed by atoms with van der Waals surface area (Å²) in [5, 5.41) is 2.86. The topological polar surface area (TPSA) is 62.0 Å². The number of aromatic amines is 1. The van der Waals surface area contributed by atoms with Crippen molar-refractivity contribution in [3.63, 3.8) is 0 Å². The van der Waals surface area contributed by atoms with Gasteiger partial charge in [0.2, 0.25) is 5.56 Å². The molecule has 1 aromatic heterocycles. The Morgan fingerprint density at radius 1 is 1.21 bits per heavy atom. The van der Waals surface area contributed by atoms with Crippen LogP contribution >= 0.6 is 0 Å². The smallest absolute Gasteiger partial charge is 0.252 e. The molecule has 1 atom stereocenters. The van der Waals surface area contributed by atoms with E-state index in [-0.39, 0.29) is 17.4 Å². The molecule has 0 unspecified atom stereocenters. The Labute approximate surface area is 111 Å². The predicted octanol–water partition coefficient (Wildman–Crippen LogP) is 1.91. The van der Waals surface area contributed by atoms with Gasteiger partial charge in [0.15, 0.2) is 0 Å². The molecule has 0 fully saturated rings. The van der Waals surface area contributed by atoms with Gasteiger partial charge in [0, 0.05) is 18.8 Å². The molecule has 0 radical (unpaired) electrons. The Bertz CT molecular complexity index is 585. The Morgan fingerprint density at radius 2 is 1.95 bits per heavy atom. The predicted molar refractivity (Wildman–Crippen MR) is 74.3 cm³/mol. The van der Waals surface area contributed by atoms with Crippen LogP contribution in [0.25, 0.3) is 0 Å². The van der Waals surface area contributed by atoms with Crippen molar-refractivity contribution in [2.75, 3.05) is 6.54 Å². The van der Waals surface area contributed by atoms with Crippen molar-refractivity contribution in [1.29, 1.82) is 0 Å². The minimum absolute atomic E-state index is 0.181. The van der Waals surface area contributed by atoms with Crippen molar-refractivity contribution in [3.05, 3.63) is 70.1 Å². The van der Waals surface area contributed by atoms with Crippen molar-refractivity contribution in [3.8, 4) is 0 Å². The number of carbonyl (C=O) groups is 1. The van der Waals surface area contributed by atoms with Crippen molar-refractivity contribution in [1.82, 2.24) is 10.3 Å². The standard InChI is InChI=1S/C15H16N2O2/c1-11(12-5-3-2-4-6-12)9-17-15(19)13-7-8-14(18)16-10-13/h2-8,10-11H,9H2,1H3,(H,16,18)(H,17,19)/t11-/m0/s1. The normalized spacial score (nSPS) is 11.8. The molecule has 4 heteroatoms. The summed E-state index contributed by atoms with van der Waals surface area (Å²) in [4.78, 5) is 25.3. The van der Waals surface area contributed by atoms with Crippen LogP contribution in [0.15, 0.2) is 53.5 Å². The summed E-state index contributed by atoms with van der Waals surface area (Å²) >= 11 is 0. The lowest BCUT2D eigenvalue weighted by atomic mass is 10.0. The average Bonchev–Trinajstić information content (AvgIpc) is 2.46. The number of amides is 1. The van der Waals surface area contributed by atoms with E-state index in [4.69, 9.17) is 0 Å². The van der Waals surface area contributed by atoms with E-state index in [0.29, 0.717) is 12.1 Å². The number of hydrogen-bond donors (Lipinski definition) is 2. The van der Waals surface area contributed by atoms with Crippen LogP contribution in [0.2, 0.25) is 0 Å². The molecule has 0 aliphatic rings. The number of pyridine rings is 1. The van der Waals surface area contributed by atoms with Gasteiger partial charge in [-0.25, -0.2) is 0 Å². The van der Waals surface area contributed by atoms with Crippen molar-refractivity contribution < 1.29 is 4.79 Å². The van der Waals surface area contributed by atoms with E-state index in [0.717, 1.165) is 0 Å². The summed E-state index contributed by atoms with van der Waals surface area (Å²) in [6, 6.07) is 12.9. The van der Waals surface area contributed by atoms with Gasteiger partial charge in [-0.3, -0.25) is 9.59 Å². The monoisotopic (exact) mass is 256 g/mol. The second-order valence-corrected chi connectivity index (χ2v) is 4.46. The van der Waals surface area contributed by atoms with E-state index in [2.05, 4.69) is 17.2 Å². The first-order valence-corrected chi connectivity index (χ1v) is 6.18. The highest BCUT2D eigenvalue weighted by Gasteiger charge is 2.09. The molecule has 0 aliphatic carbocycles. The number of carbonyl (C=O) groups excluding carboxylic acids is 1. The molecule has 0 saturated heterocycles. The first kappa shape index (κ1) is 13.1. The van der Waals surface area contributed by atoms with Crippen LogP contribution in [0.4, 0.5) is 0 Å². The van der Waals surface area contributed by atoms with E-state index < -0.39 is 0 Å². The molecule has 0 aliphatic heterocycles. The zero-order chi connectivity index (χ0) is 13.7. The second kappa shape index (κ2) is 6.00. The summed E-state index contributed by atoms with van der Waals surface area (Å²) in [5.74, 6) is 0.0620. The molecule has 2 aromatic rings. The molecule has 98 valence electrons. The van der Waals surface area contributed by atoms with E-state index in [1.165, 1.54) is 23.9 Å². The van der Waals surface area contributed by atoms with Gasteiger partial charge in [-0.1, -0.05) is 37.3 Å². The molecule has 0 bridgehead atoms. The highest BCUT2D eigenvalue weighted by molar-refractivity contribution is 5.93. The maximum Gasteiger partial charge on any atom is 0.252 e. The minimum atomic E-state index is -0.214. The third-order valence-corrected chi connectivity index (χ3v) is 2.98. The van der Waals surface area contributed by atoms with Gasteiger partial charge in [-0.05, 0) is 17.5 Å². The molecule has 19 heavy (non-hydrogen) atoms. The van der Waals surface area contributed by atoms with Crippen molar-refractivity contribution >= 4 is 5.91 Å². The maximum atomic E-state index is 11.9. The fourth-order valence-corrected chi connectivity index (χ4v) is 1.80. The number of rotatable bonds is 4. The zero-order valence-corrected chi connectivity index (χ0v) is 10.7. The Morgan fingerprint density at radius 3 is 2.58 bits per heavy atom. The maximum absolute atomic E-state index is 11.9. The fourth-order valence-electron chi connectivity index (χ4n) is 1.80. The van der Waals surface area contributed by atoms with Gasteiger partial charge < -0.3 is 10.3 Å². The average molecular weight is 256 g/mol. The van der Waals surface area contributed by atoms with Gasteiger partial charge in [0.05, 0.1) is 5.56 Å². The van der Waals surface area contributed by atoms with Crippen LogP contribution in [0, 0.1) is 0 Å². The lowest BCUT2D eigenvalue weighted by Gasteiger charge is -2.12. The van der Waals surface area contributed by atoms with Crippen molar-refractivity contribution in [2.24, 2.45) is 0 Å². The molecule has 1 heterocycles. The Balaban J connectivity index is 1.94. The van der Waals surface area contributed by atoms with Gasteiger partial charge in [0.25, 0.3) is 5.91 Å². The molecular formula is C15H16N2O2. The lowest BCUT2D eigenvalue weighted by Crippen LogP contribution is -2.28. The quantitative estimate of drug-likeness (QED) is 0.877. The number of nitrogens with one attached hydrogen (secondary N) is 2. The van der Waals surface area contributed by atoms with E-state index in [9.17, 15) is 9.59 Å². The molecule has 1 amide bonds. The van der Waals surface area contributed by atoms with Crippen LogP contribution in [0.5, 0.6) is 0 Å². The lowest BCUT2D eigenvalue weighted by molar-refractivity contribution is 0.0951. The summed E-state index contributed by atoms with van der Waals surface area (Å²) in [6.45, 7) is 2.62. The summed E-state index contributed by atoms with van der Waals surface area (Å²) < 4.78 is 0. The molecular weight excluding hydrogens is 240 g/mol. The van der Waals surface area contributed by atoms with Crippen molar-refractivity contribution in [2.45, 2.75) is 12.8 Å². The molecule has 2 rings (SSSR count). The number of hydrogen-bond acceptors (Lipinski definition) is 2. The minimum Gasteiger partial charge on any atom is -0.351 e. The molecule has 0 spiro atoms. The molecule has 2 N–H and O–H groups in total. The third-order valence-electron chi connectivity index (χ3n) is 2.98. The van der Waals surface area contributed by atoms with E-state index >= 15 is 0 Å². The van der Waals surface area contributed by atoms with Crippen LogP contribution in [0.3, 0.4) is 0 Å². The SMILES string of the molecule is C[C@@H](CNC(=O)c1ccc(=O)[nH]c1)c1ccccc1. The third kappa shape index (κ3) is 3.55. The van der Waals surface area contributed by atoms with Crippen LogP contribution in [0.1, 0.15) is 28.8 Å². The summed E-state index contributed by atoms with van der Waals surface area (Å²) in [6.07, 6.45) is 1.42. The van der Waals surface area contributed by atoms with Crippen LogP contribution in [-0.2, 0) is 0 Å². The Hall–Kier alpha value is -2.36. The van der Waals surface area contributed by atoms with Gasteiger partial charge in [0.1, 0.15) is 0 Å². The number of H-pyrrole nitrogens is 1. The second-order valence-electron chi connectivity index (χ2n) is 4.46. The van der Waals surface area contributed by atoms with Crippen LogP contribution < -0.4 is 10.9 Å². The van der Waals surface area contributed by atoms with E-state index in [1.54, 1.807) is 0 Å².